The van der Waals surface area contributed by atoms with Crippen molar-refractivity contribution in [3.05, 3.63) is 78.4 Å². The maximum atomic E-state index is 13.7. The van der Waals surface area contributed by atoms with Gasteiger partial charge in [-0.3, -0.25) is 9.59 Å². The average molecular weight is 518 g/mol. The monoisotopic (exact) mass is 517 g/mol. The molecule has 0 bridgehead atoms. The highest BCUT2D eigenvalue weighted by molar-refractivity contribution is 7.99. The summed E-state index contributed by atoms with van der Waals surface area (Å²) in [7, 11) is 1.57. The Hall–Kier alpha value is -3.82. The lowest BCUT2D eigenvalue weighted by Crippen LogP contribution is -2.56. The van der Waals surface area contributed by atoms with E-state index in [9.17, 15) is 14.4 Å². The predicted octanol–water partition coefficient (Wildman–Crippen LogP) is 3.97. The van der Waals surface area contributed by atoms with Crippen LogP contribution in [0.5, 0.6) is 0 Å². The number of para-hydroxylation sites is 2. The highest BCUT2D eigenvalue weighted by atomic mass is 32.2. The van der Waals surface area contributed by atoms with Gasteiger partial charge in [0.15, 0.2) is 0 Å². The number of urea groups is 1. The fourth-order valence-corrected chi connectivity index (χ4v) is 5.04. The number of nitrogens with zero attached hydrogens (tertiary/aromatic N) is 1. The summed E-state index contributed by atoms with van der Waals surface area (Å²) in [5, 5.41) is 8.25. The van der Waals surface area contributed by atoms with Gasteiger partial charge in [-0.25, -0.2) is 4.79 Å². The molecule has 0 saturated carbocycles. The SMILES string of the molecule is CNC(=O)Nc1ccccc1-c1ccc(CN2C(=O)[C@H](NC(=O)C(C)(C)N)CSc3ccccc32)cc1. The van der Waals surface area contributed by atoms with Crippen molar-refractivity contribution in [1.82, 2.24) is 10.6 Å². The molecule has 0 fully saturated rings. The quantitative estimate of drug-likeness (QED) is 0.395. The third kappa shape index (κ3) is 6.12. The summed E-state index contributed by atoms with van der Waals surface area (Å²) in [6.07, 6.45) is 0. The van der Waals surface area contributed by atoms with E-state index < -0.39 is 11.6 Å². The maximum Gasteiger partial charge on any atom is 0.318 e. The molecule has 1 heterocycles. The van der Waals surface area contributed by atoms with Gasteiger partial charge in [0.05, 0.1) is 23.5 Å². The van der Waals surface area contributed by atoms with Crippen molar-refractivity contribution in [2.75, 3.05) is 23.0 Å². The molecule has 0 radical (unpaired) electrons. The molecule has 37 heavy (non-hydrogen) atoms. The van der Waals surface area contributed by atoms with E-state index in [1.807, 2.05) is 72.8 Å². The van der Waals surface area contributed by atoms with Crippen LogP contribution in [0, 0.1) is 0 Å². The number of hydrogen-bond donors (Lipinski definition) is 4. The van der Waals surface area contributed by atoms with Crippen LogP contribution in [0.25, 0.3) is 11.1 Å². The smallest absolute Gasteiger partial charge is 0.318 e. The van der Waals surface area contributed by atoms with Crippen LogP contribution in [-0.4, -0.2) is 42.2 Å². The molecule has 0 unspecified atom stereocenters. The number of carbonyl (C=O) groups excluding carboxylic acids is 3. The van der Waals surface area contributed by atoms with Crippen LogP contribution in [0.2, 0.25) is 0 Å². The van der Waals surface area contributed by atoms with E-state index >= 15 is 0 Å². The minimum absolute atomic E-state index is 0.181. The van der Waals surface area contributed by atoms with Crippen molar-refractivity contribution < 1.29 is 14.4 Å². The van der Waals surface area contributed by atoms with Crippen molar-refractivity contribution in [2.45, 2.75) is 36.9 Å². The number of benzene rings is 3. The molecule has 4 amide bonds. The fourth-order valence-electron chi connectivity index (χ4n) is 3.97. The number of carbonyl (C=O) groups is 3. The molecule has 1 aliphatic rings. The zero-order chi connectivity index (χ0) is 26.6. The maximum absolute atomic E-state index is 13.7. The van der Waals surface area contributed by atoms with E-state index in [-0.39, 0.29) is 17.8 Å². The molecule has 0 aromatic heterocycles. The Morgan fingerprint density at radius 2 is 1.70 bits per heavy atom. The van der Waals surface area contributed by atoms with Gasteiger partial charge in [0.25, 0.3) is 5.91 Å². The number of fused-ring (bicyclic) bond motifs is 1. The highest BCUT2D eigenvalue weighted by Crippen LogP contribution is 2.35. The first-order chi connectivity index (χ1) is 17.7. The van der Waals surface area contributed by atoms with E-state index in [1.165, 1.54) is 11.8 Å². The molecule has 192 valence electrons. The third-order valence-corrected chi connectivity index (χ3v) is 7.18. The lowest BCUT2D eigenvalue weighted by Gasteiger charge is -2.28. The Morgan fingerprint density at radius 1 is 1.03 bits per heavy atom. The number of nitrogens with one attached hydrogen (secondary N) is 3. The summed E-state index contributed by atoms with van der Waals surface area (Å²) in [5.41, 5.74) is 9.13. The first-order valence-electron chi connectivity index (χ1n) is 12.0. The molecule has 8 nitrogen and oxygen atoms in total. The van der Waals surface area contributed by atoms with Crippen LogP contribution in [0.1, 0.15) is 19.4 Å². The molecule has 3 aromatic rings. The van der Waals surface area contributed by atoms with Crippen LogP contribution in [0.4, 0.5) is 16.2 Å². The van der Waals surface area contributed by atoms with Crippen molar-refractivity contribution in [2.24, 2.45) is 5.73 Å². The molecule has 5 N–H and O–H groups in total. The largest absolute Gasteiger partial charge is 0.342 e. The fraction of sp³-hybridized carbons (Fsp3) is 0.250. The molecule has 1 aliphatic heterocycles. The Balaban J connectivity index is 1.60. The minimum atomic E-state index is -1.09. The summed E-state index contributed by atoms with van der Waals surface area (Å²) in [5.74, 6) is -0.132. The first-order valence-corrected chi connectivity index (χ1v) is 13.0. The van der Waals surface area contributed by atoms with E-state index in [1.54, 1.807) is 25.8 Å². The molecule has 0 saturated heterocycles. The normalized spacial score (nSPS) is 15.4. The van der Waals surface area contributed by atoms with Gasteiger partial charge in [-0.15, -0.1) is 11.8 Å². The zero-order valence-electron chi connectivity index (χ0n) is 21.1. The van der Waals surface area contributed by atoms with Crippen LogP contribution in [-0.2, 0) is 16.1 Å². The van der Waals surface area contributed by atoms with Crippen molar-refractivity contribution in [1.29, 1.82) is 0 Å². The van der Waals surface area contributed by atoms with E-state index in [0.29, 0.717) is 18.0 Å². The summed E-state index contributed by atoms with van der Waals surface area (Å²) in [6, 6.07) is 22.2. The molecule has 4 rings (SSSR count). The number of hydrogen-bond acceptors (Lipinski definition) is 5. The summed E-state index contributed by atoms with van der Waals surface area (Å²) < 4.78 is 0. The summed E-state index contributed by atoms with van der Waals surface area (Å²) >= 11 is 1.54. The Kier molecular flexibility index (Phi) is 7.85. The van der Waals surface area contributed by atoms with E-state index in [0.717, 1.165) is 27.3 Å². The van der Waals surface area contributed by atoms with Crippen molar-refractivity contribution >= 4 is 41.0 Å². The van der Waals surface area contributed by atoms with Gasteiger partial charge >= 0.3 is 6.03 Å². The van der Waals surface area contributed by atoms with Crippen molar-refractivity contribution in [3.63, 3.8) is 0 Å². The van der Waals surface area contributed by atoms with Crippen molar-refractivity contribution in [3.8, 4) is 11.1 Å². The number of nitrogens with two attached hydrogens (primary N) is 1. The molecular weight excluding hydrogens is 486 g/mol. The minimum Gasteiger partial charge on any atom is -0.342 e. The van der Waals surface area contributed by atoms with Gasteiger partial charge in [-0.1, -0.05) is 54.6 Å². The van der Waals surface area contributed by atoms with Gasteiger partial charge in [0.1, 0.15) is 6.04 Å². The van der Waals surface area contributed by atoms with E-state index in [2.05, 4.69) is 16.0 Å². The number of anilines is 2. The molecule has 3 aromatic carbocycles. The molecule has 9 heteroatoms. The predicted molar refractivity (Wildman–Crippen MR) is 149 cm³/mol. The van der Waals surface area contributed by atoms with Crippen LogP contribution < -0.4 is 26.6 Å². The Bertz CT molecular complexity index is 1300. The van der Waals surface area contributed by atoms with Gasteiger partial charge in [0.2, 0.25) is 5.91 Å². The lowest BCUT2D eigenvalue weighted by molar-refractivity contribution is -0.129. The Labute approximate surface area is 221 Å². The topological polar surface area (TPSA) is 117 Å². The van der Waals surface area contributed by atoms with Gasteiger partial charge < -0.3 is 26.6 Å². The zero-order valence-corrected chi connectivity index (χ0v) is 21.9. The molecule has 0 aliphatic carbocycles. The number of amides is 4. The molecule has 0 spiro atoms. The molecule has 1 atom stereocenters. The van der Waals surface area contributed by atoms with E-state index in [4.69, 9.17) is 5.73 Å². The number of rotatable bonds is 6. The van der Waals surface area contributed by atoms with Crippen LogP contribution in [0.3, 0.4) is 0 Å². The van der Waals surface area contributed by atoms with Gasteiger partial charge in [0, 0.05) is 23.3 Å². The first kappa shape index (κ1) is 26.2. The highest BCUT2D eigenvalue weighted by Gasteiger charge is 2.34. The van der Waals surface area contributed by atoms with Crippen LogP contribution in [0.15, 0.2) is 77.7 Å². The lowest BCUT2D eigenvalue weighted by atomic mass is 10.0. The second-order valence-corrected chi connectivity index (χ2v) is 10.5. The Morgan fingerprint density at radius 3 is 2.41 bits per heavy atom. The van der Waals surface area contributed by atoms with Gasteiger partial charge in [-0.05, 0) is 43.2 Å². The summed E-state index contributed by atoms with van der Waals surface area (Å²) in [6.45, 7) is 3.58. The average Bonchev–Trinajstić information content (AvgIpc) is 3.01. The second-order valence-electron chi connectivity index (χ2n) is 9.40. The second kappa shape index (κ2) is 11.1. The number of thioether (sulfide) groups is 1. The van der Waals surface area contributed by atoms with Gasteiger partial charge in [-0.2, -0.15) is 0 Å². The van der Waals surface area contributed by atoms with Crippen LogP contribution >= 0.6 is 11.8 Å². The standard InChI is InChI=1S/C28H31N5O3S/c1-28(2,29)26(35)31-22-17-37-24-11-7-6-10-23(24)33(25(22)34)16-18-12-14-19(15-13-18)20-8-4-5-9-21(20)32-27(36)30-3/h4-15,22H,16-17,29H2,1-3H3,(H,31,35)(H2,30,32,36)/t22-/m1/s1. The third-order valence-electron chi connectivity index (χ3n) is 6.02. The molecular formula is C28H31N5O3S. The summed E-state index contributed by atoms with van der Waals surface area (Å²) in [4.78, 5) is 40.8.